The van der Waals surface area contributed by atoms with Crippen molar-refractivity contribution < 1.29 is 0 Å². The van der Waals surface area contributed by atoms with Crippen LogP contribution in [0.5, 0.6) is 0 Å². The number of aromatic nitrogens is 1. The fourth-order valence-corrected chi connectivity index (χ4v) is 5.09. The highest BCUT2D eigenvalue weighted by Crippen LogP contribution is 2.46. The summed E-state index contributed by atoms with van der Waals surface area (Å²) in [6, 6.07) is 10.2. The van der Waals surface area contributed by atoms with Crippen LogP contribution in [0.4, 0.5) is 0 Å². The lowest BCUT2D eigenvalue weighted by atomic mass is 9.90. The van der Waals surface area contributed by atoms with Gasteiger partial charge >= 0.3 is 0 Å². The molecule has 0 amide bonds. The molecular formula is C18H23N3. The molecule has 110 valence electrons. The fourth-order valence-electron chi connectivity index (χ4n) is 5.09. The highest BCUT2D eigenvalue weighted by molar-refractivity contribution is 5.85. The summed E-state index contributed by atoms with van der Waals surface area (Å²) in [5.74, 6) is 0. The number of aromatic amines is 1. The normalized spacial score (nSPS) is 32.9. The number of nitrogens with one attached hydrogen (secondary N) is 1. The third kappa shape index (κ3) is 1.56. The Hall–Kier alpha value is -1.32. The van der Waals surface area contributed by atoms with Crippen molar-refractivity contribution in [1.82, 2.24) is 14.8 Å². The van der Waals surface area contributed by atoms with Gasteiger partial charge in [-0.15, -0.1) is 0 Å². The number of benzene rings is 1. The molecule has 3 aliphatic heterocycles. The first-order chi connectivity index (χ1) is 10.3. The molecule has 2 aromatic rings. The number of piperidine rings is 1. The van der Waals surface area contributed by atoms with Gasteiger partial charge in [0.2, 0.25) is 0 Å². The quantitative estimate of drug-likeness (QED) is 0.800. The number of hydrogen-bond acceptors (Lipinski definition) is 2. The monoisotopic (exact) mass is 281 g/mol. The number of hydrogen-bond donors (Lipinski definition) is 1. The Bertz CT molecular complexity index is 689. The van der Waals surface area contributed by atoms with Gasteiger partial charge < -0.3 is 4.98 Å². The van der Waals surface area contributed by atoms with Crippen molar-refractivity contribution >= 4 is 10.9 Å². The third-order valence-corrected chi connectivity index (χ3v) is 6.04. The van der Waals surface area contributed by atoms with Crippen molar-refractivity contribution in [1.29, 1.82) is 0 Å². The lowest BCUT2D eigenvalue weighted by molar-refractivity contribution is 0.112. The number of rotatable bonds is 0. The molecule has 3 unspecified atom stereocenters. The summed E-state index contributed by atoms with van der Waals surface area (Å²) in [5, 5.41) is 1.45. The minimum atomic E-state index is 0.594. The van der Waals surface area contributed by atoms with E-state index >= 15 is 0 Å². The average Bonchev–Trinajstić information content (AvgIpc) is 3.04. The van der Waals surface area contributed by atoms with Gasteiger partial charge in [-0.3, -0.25) is 9.80 Å². The second-order valence-electron chi connectivity index (χ2n) is 6.93. The Balaban J connectivity index is 1.67. The first-order valence-corrected chi connectivity index (χ1v) is 8.45. The van der Waals surface area contributed by atoms with Crippen molar-refractivity contribution in [2.75, 3.05) is 13.1 Å². The summed E-state index contributed by atoms with van der Waals surface area (Å²) in [7, 11) is 0. The molecule has 0 aliphatic carbocycles. The summed E-state index contributed by atoms with van der Waals surface area (Å²) in [6.45, 7) is 4.91. The zero-order valence-corrected chi connectivity index (χ0v) is 12.7. The van der Waals surface area contributed by atoms with E-state index in [0.717, 1.165) is 6.04 Å². The van der Waals surface area contributed by atoms with Gasteiger partial charge in [0.05, 0.1) is 12.2 Å². The zero-order chi connectivity index (χ0) is 14.0. The average molecular weight is 281 g/mol. The molecule has 1 N–H and O–H groups in total. The van der Waals surface area contributed by atoms with Crippen LogP contribution in [0.2, 0.25) is 0 Å². The van der Waals surface area contributed by atoms with Crippen LogP contribution in [-0.2, 0) is 6.42 Å². The molecule has 3 atom stereocenters. The van der Waals surface area contributed by atoms with Gasteiger partial charge in [-0.1, -0.05) is 24.6 Å². The molecule has 1 aromatic carbocycles. The molecule has 4 heterocycles. The molecular weight excluding hydrogens is 258 g/mol. The molecule has 0 saturated carbocycles. The van der Waals surface area contributed by atoms with E-state index in [-0.39, 0.29) is 0 Å². The van der Waals surface area contributed by atoms with E-state index < -0.39 is 0 Å². The van der Waals surface area contributed by atoms with E-state index in [4.69, 9.17) is 0 Å². The minimum absolute atomic E-state index is 0.594. The smallest absolute Gasteiger partial charge is 0.0672 e. The van der Waals surface area contributed by atoms with Crippen LogP contribution in [0.15, 0.2) is 24.3 Å². The van der Waals surface area contributed by atoms with Crippen molar-refractivity contribution in [2.45, 2.75) is 50.9 Å². The SMILES string of the molecule is CC1N2CCCCC2C2c3[nH]c4ccccc4c3CCN21. The summed E-state index contributed by atoms with van der Waals surface area (Å²) in [6.07, 6.45) is 5.94. The molecule has 0 radical (unpaired) electrons. The van der Waals surface area contributed by atoms with Gasteiger partial charge in [0.15, 0.2) is 0 Å². The highest BCUT2D eigenvalue weighted by atomic mass is 15.5. The first-order valence-electron chi connectivity index (χ1n) is 8.45. The van der Waals surface area contributed by atoms with Gasteiger partial charge in [0.1, 0.15) is 0 Å². The molecule has 0 bridgehead atoms. The molecule has 0 spiro atoms. The van der Waals surface area contributed by atoms with Crippen molar-refractivity contribution in [2.24, 2.45) is 0 Å². The predicted molar refractivity (Wildman–Crippen MR) is 85.3 cm³/mol. The van der Waals surface area contributed by atoms with Crippen LogP contribution in [0.25, 0.3) is 10.9 Å². The van der Waals surface area contributed by atoms with Crippen LogP contribution < -0.4 is 0 Å². The largest absolute Gasteiger partial charge is 0.357 e. The van der Waals surface area contributed by atoms with Crippen LogP contribution in [0, 0.1) is 0 Å². The maximum Gasteiger partial charge on any atom is 0.0672 e. The Kier molecular flexibility index (Phi) is 2.53. The second-order valence-corrected chi connectivity index (χ2v) is 6.93. The third-order valence-electron chi connectivity index (χ3n) is 6.04. The van der Waals surface area contributed by atoms with Crippen molar-refractivity contribution in [3.05, 3.63) is 35.5 Å². The highest BCUT2D eigenvalue weighted by Gasteiger charge is 2.49. The molecule has 21 heavy (non-hydrogen) atoms. The maximum atomic E-state index is 3.77. The van der Waals surface area contributed by atoms with E-state index in [1.807, 2.05) is 0 Å². The van der Waals surface area contributed by atoms with Crippen LogP contribution in [0.3, 0.4) is 0 Å². The van der Waals surface area contributed by atoms with Crippen LogP contribution in [-0.4, -0.2) is 40.1 Å². The molecule has 2 fully saturated rings. The Labute approximate surface area is 125 Å². The lowest BCUT2D eigenvalue weighted by Gasteiger charge is -2.34. The van der Waals surface area contributed by atoms with Crippen LogP contribution in [0.1, 0.15) is 43.5 Å². The number of H-pyrrole nitrogens is 1. The molecule has 3 aliphatic rings. The first kappa shape index (κ1) is 12.2. The van der Waals surface area contributed by atoms with Gasteiger partial charge in [0.25, 0.3) is 0 Å². The van der Waals surface area contributed by atoms with Gasteiger partial charge in [-0.05, 0) is 37.8 Å². The van der Waals surface area contributed by atoms with E-state index in [1.54, 1.807) is 5.56 Å². The predicted octanol–water partition coefficient (Wildman–Crippen LogP) is 3.28. The van der Waals surface area contributed by atoms with E-state index in [9.17, 15) is 0 Å². The molecule has 5 rings (SSSR count). The molecule has 3 nitrogen and oxygen atoms in total. The molecule has 1 aromatic heterocycles. The van der Waals surface area contributed by atoms with Gasteiger partial charge in [-0.2, -0.15) is 0 Å². The molecule has 3 heteroatoms. The van der Waals surface area contributed by atoms with Crippen molar-refractivity contribution in [3.63, 3.8) is 0 Å². The number of nitrogens with zero attached hydrogens (tertiary/aromatic N) is 2. The van der Waals surface area contributed by atoms with Crippen LogP contribution >= 0.6 is 0 Å². The Morgan fingerprint density at radius 2 is 2.00 bits per heavy atom. The summed E-state index contributed by atoms with van der Waals surface area (Å²) in [5.41, 5.74) is 4.43. The second kappa shape index (κ2) is 4.34. The summed E-state index contributed by atoms with van der Waals surface area (Å²) >= 11 is 0. The van der Waals surface area contributed by atoms with Gasteiger partial charge in [-0.25, -0.2) is 0 Å². The Morgan fingerprint density at radius 3 is 2.95 bits per heavy atom. The standard InChI is InChI=1S/C18H23N3/c1-12-20-10-5-4-8-16(20)18-17-14(9-11-21(12)18)13-6-2-3-7-15(13)19-17/h2-3,6-7,12,16,18-19H,4-5,8-11H2,1H3. The topological polar surface area (TPSA) is 22.3 Å². The number of para-hydroxylation sites is 1. The minimum Gasteiger partial charge on any atom is -0.357 e. The summed E-state index contributed by atoms with van der Waals surface area (Å²) in [4.78, 5) is 9.28. The fraction of sp³-hybridized carbons (Fsp3) is 0.556. The molecule has 2 saturated heterocycles. The van der Waals surface area contributed by atoms with Crippen molar-refractivity contribution in [3.8, 4) is 0 Å². The van der Waals surface area contributed by atoms with E-state index in [2.05, 4.69) is 46.0 Å². The summed E-state index contributed by atoms with van der Waals surface area (Å²) < 4.78 is 0. The van der Waals surface area contributed by atoms with E-state index in [1.165, 1.54) is 55.4 Å². The maximum absolute atomic E-state index is 3.77. The van der Waals surface area contributed by atoms with Gasteiger partial charge in [0, 0.05) is 35.7 Å². The number of fused-ring (bicyclic) bond motifs is 7. The van der Waals surface area contributed by atoms with E-state index in [0.29, 0.717) is 12.2 Å². The Morgan fingerprint density at radius 1 is 1.10 bits per heavy atom. The zero-order valence-electron chi connectivity index (χ0n) is 12.7. The lowest BCUT2D eigenvalue weighted by Crippen LogP contribution is -2.41.